The Morgan fingerprint density at radius 2 is 1.95 bits per heavy atom. The first-order valence-corrected chi connectivity index (χ1v) is 14.6. The van der Waals surface area contributed by atoms with Gasteiger partial charge in [-0.2, -0.15) is 0 Å². The van der Waals surface area contributed by atoms with Crippen molar-refractivity contribution in [3.05, 3.63) is 58.3 Å². The number of fused-ring (bicyclic) bond motifs is 3. The fourth-order valence-electron chi connectivity index (χ4n) is 5.88. The maximum atomic E-state index is 14.2. The third-order valence-electron chi connectivity index (χ3n) is 8.77. The lowest BCUT2D eigenvalue weighted by Gasteiger charge is -2.48. The van der Waals surface area contributed by atoms with Crippen LogP contribution in [0.25, 0.3) is 11.0 Å². The van der Waals surface area contributed by atoms with E-state index in [1.807, 2.05) is 0 Å². The summed E-state index contributed by atoms with van der Waals surface area (Å²) in [5.74, 6) is -0.216. The van der Waals surface area contributed by atoms with Gasteiger partial charge < -0.3 is 34.2 Å². The zero-order chi connectivity index (χ0) is 29.6. The number of benzene rings is 2. The lowest BCUT2D eigenvalue weighted by Crippen LogP contribution is -2.66. The Labute approximate surface area is 248 Å². The fourth-order valence-corrected chi connectivity index (χ4v) is 6.11. The summed E-state index contributed by atoms with van der Waals surface area (Å²) in [6.07, 6.45) is 4.20. The van der Waals surface area contributed by atoms with Crippen LogP contribution in [-0.2, 0) is 16.1 Å². The van der Waals surface area contributed by atoms with Crippen LogP contribution >= 0.6 is 11.6 Å². The molecule has 2 saturated carbocycles. The summed E-state index contributed by atoms with van der Waals surface area (Å²) in [7, 11) is 3.17. The van der Waals surface area contributed by atoms with Crippen LogP contribution in [0, 0.1) is 0 Å². The minimum absolute atomic E-state index is 0.00622. The molecule has 0 bridgehead atoms. The van der Waals surface area contributed by atoms with Crippen molar-refractivity contribution in [1.29, 1.82) is 0 Å². The molecule has 0 spiro atoms. The molecule has 2 aromatic carbocycles. The van der Waals surface area contributed by atoms with Crippen molar-refractivity contribution in [3.8, 4) is 11.5 Å². The molecule has 10 nitrogen and oxygen atoms in total. The zero-order valence-corrected chi connectivity index (χ0v) is 24.6. The molecular formula is C31H34ClN3O7. The number of hydrogen-bond donors (Lipinski definition) is 2. The number of ether oxygens (including phenoxy) is 3. The molecule has 2 aliphatic carbocycles. The molecule has 2 heterocycles. The minimum atomic E-state index is -1.37. The second-order valence-electron chi connectivity index (χ2n) is 11.4. The van der Waals surface area contributed by atoms with Crippen molar-refractivity contribution in [2.24, 2.45) is 0 Å². The standard InChI is InChI=1S/C31H34ClN3O7/c1-31(30(38)33-15-22-23(32)8-5-9-24(22)40-3)16-41-26-21-11-10-17(28(36)34-18-6-4-7-18)12-25(21)42-27(26)29(37)35(31)19-13-20(14-19)39-2/h5,8-12,18-20H,4,6-7,13-16H2,1-3H3,(H,33,38)(H,34,36). The molecule has 11 heteroatoms. The van der Waals surface area contributed by atoms with Crippen molar-refractivity contribution < 1.29 is 33.0 Å². The zero-order valence-electron chi connectivity index (χ0n) is 23.8. The van der Waals surface area contributed by atoms with Crippen LogP contribution in [-0.4, -0.2) is 67.2 Å². The van der Waals surface area contributed by atoms with Gasteiger partial charge in [0, 0.05) is 41.9 Å². The molecule has 3 amide bonds. The van der Waals surface area contributed by atoms with Crippen LogP contribution in [0.15, 0.2) is 40.8 Å². The van der Waals surface area contributed by atoms with Crippen LogP contribution in [0.5, 0.6) is 11.5 Å². The van der Waals surface area contributed by atoms with Gasteiger partial charge in [0.05, 0.1) is 18.6 Å². The van der Waals surface area contributed by atoms with Crippen molar-refractivity contribution in [2.75, 3.05) is 20.8 Å². The number of rotatable bonds is 8. The average molecular weight is 596 g/mol. The second kappa shape index (κ2) is 11.1. The number of hydrogen-bond acceptors (Lipinski definition) is 7. The maximum Gasteiger partial charge on any atom is 0.294 e. The highest BCUT2D eigenvalue weighted by Crippen LogP contribution is 2.42. The molecule has 42 heavy (non-hydrogen) atoms. The summed E-state index contributed by atoms with van der Waals surface area (Å²) in [5.41, 5.74) is 0.0792. The summed E-state index contributed by atoms with van der Waals surface area (Å²) in [5, 5.41) is 6.99. The number of halogens is 1. The van der Waals surface area contributed by atoms with Gasteiger partial charge in [-0.05, 0) is 69.4 Å². The molecule has 1 unspecified atom stereocenters. The third-order valence-corrected chi connectivity index (χ3v) is 9.12. The molecule has 3 aromatic rings. The van der Waals surface area contributed by atoms with Gasteiger partial charge in [0.2, 0.25) is 11.7 Å². The van der Waals surface area contributed by atoms with Gasteiger partial charge >= 0.3 is 0 Å². The Balaban J connectivity index is 1.30. The molecule has 1 aromatic heterocycles. The topological polar surface area (TPSA) is 119 Å². The Morgan fingerprint density at radius 3 is 2.64 bits per heavy atom. The fraction of sp³-hybridized carbons (Fsp3) is 0.452. The van der Waals surface area contributed by atoms with E-state index in [-0.39, 0.29) is 48.8 Å². The predicted molar refractivity (Wildman–Crippen MR) is 155 cm³/mol. The van der Waals surface area contributed by atoms with E-state index in [4.69, 9.17) is 30.2 Å². The normalized spacial score (nSPS) is 23.7. The smallest absolute Gasteiger partial charge is 0.294 e. The Hall–Kier alpha value is -3.76. The highest BCUT2D eigenvalue weighted by molar-refractivity contribution is 6.31. The highest BCUT2D eigenvalue weighted by atomic mass is 35.5. The third kappa shape index (κ3) is 4.86. The number of methoxy groups -OCH3 is 2. The maximum absolute atomic E-state index is 14.2. The Bertz CT molecular complexity index is 1540. The lowest BCUT2D eigenvalue weighted by atomic mass is 9.83. The van der Waals surface area contributed by atoms with Gasteiger partial charge in [-0.1, -0.05) is 17.7 Å². The van der Waals surface area contributed by atoms with Crippen molar-refractivity contribution >= 4 is 40.3 Å². The molecule has 222 valence electrons. The van der Waals surface area contributed by atoms with Crippen molar-refractivity contribution in [1.82, 2.24) is 15.5 Å². The van der Waals surface area contributed by atoms with Gasteiger partial charge in [-0.25, -0.2) is 0 Å². The summed E-state index contributed by atoms with van der Waals surface area (Å²) in [6, 6.07) is 10.2. The van der Waals surface area contributed by atoms with E-state index in [1.54, 1.807) is 55.3 Å². The molecular weight excluding hydrogens is 562 g/mol. The van der Waals surface area contributed by atoms with Crippen LogP contribution < -0.4 is 20.1 Å². The van der Waals surface area contributed by atoms with Gasteiger partial charge in [-0.15, -0.1) is 0 Å². The predicted octanol–water partition coefficient (Wildman–Crippen LogP) is 4.46. The van der Waals surface area contributed by atoms with E-state index in [0.717, 1.165) is 19.3 Å². The molecule has 3 aliphatic rings. The van der Waals surface area contributed by atoms with E-state index in [0.29, 0.717) is 45.7 Å². The van der Waals surface area contributed by atoms with Gasteiger partial charge in [0.1, 0.15) is 17.9 Å². The Morgan fingerprint density at radius 1 is 1.17 bits per heavy atom. The second-order valence-corrected chi connectivity index (χ2v) is 11.8. The van der Waals surface area contributed by atoms with Crippen molar-refractivity contribution in [2.45, 2.75) is 69.3 Å². The van der Waals surface area contributed by atoms with Gasteiger partial charge in [0.25, 0.3) is 11.8 Å². The van der Waals surface area contributed by atoms with Gasteiger partial charge in [0.15, 0.2) is 11.3 Å². The van der Waals surface area contributed by atoms with Crippen LogP contribution in [0.4, 0.5) is 0 Å². The van der Waals surface area contributed by atoms with Crippen molar-refractivity contribution in [3.63, 3.8) is 0 Å². The van der Waals surface area contributed by atoms with Crippen LogP contribution in [0.2, 0.25) is 5.02 Å². The summed E-state index contributed by atoms with van der Waals surface area (Å²) < 4.78 is 23.2. The summed E-state index contributed by atoms with van der Waals surface area (Å²) >= 11 is 6.40. The highest BCUT2D eigenvalue weighted by Gasteiger charge is 2.53. The Kier molecular flexibility index (Phi) is 7.53. The number of carbonyl (C=O) groups is 3. The number of furan rings is 1. The van der Waals surface area contributed by atoms with E-state index in [9.17, 15) is 14.4 Å². The molecule has 1 aliphatic heterocycles. The van der Waals surface area contributed by atoms with E-state index in [1.165, 1.54) is 7.11 Å². The van der Waals surface area contributed by atoms with E-state index < -0.39 is 17.4 Å². The number of amides is 3. The van der Waals surface area contributed by atoms with E-state index in [2.05, 4.69) is 10.6 Å². The lowest BCUT2D eigenvalue weighted by molar-refractivity contribution is -0.138. The first-order chi connectivity index (χ1) is 20.2. The molecule has 2 N–H and O–H groups in total. The molecule has 1 atom stereocenters. The van der Waals surface area contributed by atoms with Gasteiger partial charge in [-0.3, -0.25) is 14.4 Å². The first-order valence-electron chi connectivity index (χ1n) is 14.2. The molecule has 0 radical (unpaired) electrons. The molecule has 2 fully saturated rings. The number of nitrogens with one attached hydrogen (secondary N) is 2. The van der Waals surface area contributed by atoms with Crippen LogP contribution in [0.3, 0.4) is 0 Å². The largest absolute Gasteiger partial charge is 0.496 e. The monoisotopic (exact) mass is 595 g/mol. The van der Waals surface area contributed by atoms with E-state index >= 15 is 0 Å². The number of carbonyl (C=O) groups excluding carboxylic acids is 3. The molecule has 6 rings (SSSR count). The molecule has 0 saturated heterocycles. The van der Waals surface area contributed by atoms with Crippen LogP contribution in [0.1, 0.15) is 65.5 Å². The first kappa shape index (κ1) is 28.4. The SMILES string of the molecule is COc1cccc(Cl)c1CNC(=O)C1(C)COc2c(oc3cc(C(=O)NC4CCC4)ccc23)C(=O)N1C1CC(OC)C1. The quantitative estimate of drug-likeness (QED) is 0.394. The minimum Gasteiger partial charge on any atom is -0.496 e. The number of nitrogens with zero attached hydrogens (tertiary/aromatic N) is 1. The summed E-state index contributed by atoms with van der Waals surface area (Å²) in [6.45, 7) is 1.69. The average Bonchev–Trinajstić information content (AvgIpc) is 3.27. The summed E-state index contributed by atoms with van der Waals surface area (Å²) in [4.78, 5) is 42.4.